The van der Waals surface area contributed by atoms with Crippen molar-refractivity contribution >= 4 is 11.9 Å². The Hall–Kier alpha value is -3.40. The molecule has 0 fully saturated rings. The van der Waals surface area contributed by atoms with Gasteiger partial charge < -0.3 is 9.47 Å². The Morgan fingerprint density at radius 2 is 1.43 bits per heavy atom. The summed E-state index contributed by atoms with van der Waals surface area (Å²) in [6.07, 6.45) is 0. The first-order valence-electron chi connectivity index (χ1n) is 9.18. The number of carbonyl (C=O) groups excluding carboxylic acids is 2. The molecule has 4 heteroatoms. The van der Waals surface area contributed by atoms with Gasteiger partial charge in [0.15, 0.2) is 0 Å². The van der Waals surface area contributed by atoms with Gasteiger partial charge in [-0.15, -0.1) is 0 Å². The number of esters is 2. The number of rotatable bonds is 6. The molecule has 0 heterocycles. The number of ether oxygens (including phenoxy) is 2. The minimum absolute atomic E-state index is 0.254. The maximum atomic E-state index is 12.4. The Labute approximate surface area is 164 Å². The molecule has 0 saturated carbocycles. The zero-order valence-electron chi connectivity index (χ0n) is 15.9. The van der Waals surface area contributed by atoms with Crippen molar-refractivity contribution in [2.75, 3.05) is 6.61 Å². The van der Waals surface area contributed by atoms with E-state index in [4.69, 9.17) is 9.47 Å². The van der Waals surface area contributed by atoms with Crippen LogP contribution in [0, 0.1) is 5.92 Å². The minimum atomic E-state index is -0.479. The largest absolute Gasteiger partial charge is 0.462 e. The fourth-order valence-electron chi connectivity index (χ4n) is 2.61. The lowest BCUT2D eigenvalue weighted by Gasteiger charge is -2.09. The molecule has 28 heavy (non-hydrogen) atoms. The normalized spacial score (nSPS) is 10.5. The SMILES string of the molecule is CC(C)COC(=O)c1cccc(OC(=O)c2ccc(-c3ccccc3)cc2)c1. The molecule has 0 atom stereocenters. The lowest BCUT2D eigenvalue weighted by molar-refractivity contribution is 0.0457. The molecule has 0 radical (unpaired) electrons. The van der Waals surface area contributed by atoms with Crippen LogP contribution in [0.15, 0.2) is 78.9 Å². The van der Waals surface area contributed by atoms with Crippen molar-refractivity contribution in [2.45, 2.75) is 13.8 Å². The molecule has 0 aliphatic heterocycles. The Balaban J connectivity index is 1.68. The van der Waals surface area contributed by atoms with Gasteiger partial charge in [-0.1, -0.05) is 62.4 Å². The third kappa shape index (κ3) is 5.07. The Kier molecular flexibility index (Phi) is 6.22. The second-order valence-electron chi connectivity index (χ2n) is 6.85. The van der Waals surface area contributed by atoms with Gasteiger partial charge in [0.25, 0.3) is 0 Å². The molecule has 3 aromatic carbocycles. The molecular formula is C24H22O4. The molecule has 0 aromatic heterocycles. The highest BCUT2D eigenvalue weighted by molar-refractivity contribution is 5.93. The van der Waals surface area contributed by atoms with Crippen LogP contribution in [-0.4, -0.2) is 18.5 Å². The smallest absolute Gasteiger partial charge is 0.343 e. The van der Waals surface area contributed by atoms with Crippen LogP contribution in [0.25, 0.3) is 11.1 Å². The fourth-order valence-corrected chi connectivity index (χ4v) is 2.61. The standard InChI is InChI=1S/C24H22O4/c1-17(2)16-27-23(25)21-9-6-10-22(15-21)28-24(26)20-13-11-19(12-14-20)18-7-4-3-5-8-18/h3-15,17H,16H2,1-2H3. The summed E-state index contributed by atoms with van der Waals surface area (Å²) in [5.74, 6) is -0.355. The van der Waals surface area contributed by atoms with Crippen molar-refractivity contribution < 1.29 is 19.1 Å². The van der Waals surface area contributed by atoms with Gasteiger partial charge in [0.05, 0.1) is 17.7 Å². The highest BCUT2D eigenvalue weighted by Crippen LogP contribution is 2.21. The van der Waals surface area contributed by atoms with Crippen molar-refractivity contribution in [1.82, 2.24) is 0 Å². The predicted octanol–water partition coefficient (Wildman–Crippen LogP) is 5.39. The van der Waals surface area contributed by atoms with Gasteiger partial charge in [0.1, 0.15) is 5.75 Å². The van der Waals surface area contributed by atoms with Gasteiger partial charge in [-0.25, -0.2) is 9.59 Å². The van der Waals surface area contributed by atoms with Crippen LogP contribution < -0.4 is 4.74 Å². The van der Waals surface area contributed by atoms with E-state index in [-0.39, 0.29) is 5.92 Å². The van der Waals surface area contributed by atoms with E-state index >= 15 is 0 Å². The summed E-state index contributed by atoms with van der Waals surface area (Å²) in [7, 11) is 0. The predicted molar refractivity (Wildman–Crippen MR) is 108 cm³/mol. The molecule has 142 valence electrons. The monoisotopic (exact) mass is 374 g/mol. The summed E-state index contributed by atoms with van der Waals surface area (Å²) in [6.45, 7) is 4.28. The van der Waals surface area contributed by atoms with Crippen LogP contribution in [-0.2, 0) is 4.74 Å². The molecular weight excluding hydrogens is 352 g/mol. The Morgan fingerprint density at radius 1 is 0.750 bits per heavy atom. The molecule has 0 amide bonds. The Bertz CT molecular complexity index is 944. The first kappa shape index (κ1) is 19.4. The average Bonchev–Trinajstić information content (AvgIpc) is 2.73. The lowest BCUT2D eigenvalue weighted by atomic mass is 10.0. The van der Waals surface area contributed by atoms with E-state index in [9.17, 15) is 9.59 Å². The molecule has 0 saturated heterocycles. The molecule has 4 nitrogen and oxygen atoms in total. The summed E-state index contributed by atoms with van der Waals surface area (Å²) >= 11 is 0. The fraction of sp³-hybridized carbons (Fsp3) is 0.167. The molecule has 0 aliphatic carbocycles. The van der Waals surface area contributed by atoms with Gasteiger partial charge in [0, 0.05) is 0 Å². The van der Waals surface area contributed by atoms with Gasteiger partial charge >= 0.3 is 11.9 Å². The molecule has 0 unspecified atom stereocenters. The zero-order valence-corrected chi connectivity index (χ0v) is 15.9. The minimum Gasteiger partial charge on any atom is -0.462 e. The van der Waals surface area contributed by atoms with Crippen LogP contribution in [0.4, 0.5) is 0 Å². The van der Waals surface area contributed by atoms with E-state index in [1.54, 1.807) is 30.3 Å². The van der Waals surface area contributed by atoms with Crippen LogP contribution in [0.1, 0.15) is 34.6 Å². The van der Waals surface area contributed by atoms with Gasteiger partial charge in [-0.2, -0.15) is 0 Å². The maximum absolute atomic E-state index is 12.4. The maximum Gasteiger partial charge on any atom is 0.343 e. The van der Waals surface area contributed by atoms with Crippen LogP contribution in [0.5, 0.6) is 5.75 Å². The van der Waals surface area contributed by atoms with E-state index < -0.39 is 11.9 Å². The number of carbonyl (C=O) groups is 2. The summed E-state index contributed by atoms with van der Waals surface area (Å²) in [5, 5.41) is 0. The first-order chi connectivity index (χ1) is 13.5. The van der Waals surface area contributed by atoms with E-state index in [0.717, 1.165) is 11.1 Å². The average molecular weight is 374 g/mol. The van der Waals surface area contributed by atoms with Crippen molar-refractivity contribution in [3.05, 3.63) is 90.0 Å². The highest BCUT2D eigenvalue weighted by atomic mass is 16.5. The van der Waals surface area contributed by atoms with E-state index in [1.807, 2.05) is 56.3 Å². The summed E-state index contributed by atoms with van der Waals surface area (Å²) < 4.78 is 10.6. The van der Waals surface area contributed by atoms with Gasteiger partial charge in [-0.05, 0) is 47.4 Å². The summed E-state index contributed by atoms with van der Waals surface area (Å²) in [5.41, 5.74) is 2.89. The highest BCUT2D eigenvalue weighted by Gasteiger charge is 2.13. The summed E-state index contributed by atoms with van der Waals surface area (Å²) in [6, 6.07) is 23.6. The number of benzene rings is 3. The third-order valence-electron chi connectivity index (χ3n) is 4.06. The quantitative estimate of drug-likeness (QED) is 0.429. The summed E-state index contributed by atoms with van der Waals surface area (Å²) in [4.78, 5) is 24.5. The van der Waals surface area contributed by atoms with Crippen molar-refractivity contribution in [3.8, 4) is 16.9 Å². The lowest BCUT2D eigenvalue weighted by Crippen LogP contribution is -2.11. The van der Waals surface area contributed by atoms with Gasteiger partial charge in [0.2, 0.25) is 0 Å². The second-order valence-corrected chi connectivity index (χ2v) is 6.85. The van der Waals surface area contributed by atoms with Crippen molar-refractivity contribution in [1.29, 1.82) is 0 Å². The van der Waals surface area contributed by atoms with Crippen LogP contribution >= 0.6 is 0 Å². The van der Waals surface area contributed by atoms with E-state index in [0.29, 0.717) is 23.5 Å². The van der Waals surface area contributed by atoms with E-state index in [1.165, 1.54) is 6.07 Å². The molecule has 0 N–H and O–H groups in total. The molecule has 0 aliphatic rings. The third-order valence-corrected chi connectivity index (χ3v) is 4.06. The first-order valence-corrected chi connectivity index (χ1v) is 9.18. The molecule has 0 spiro atoms. The molecule has 3 aromatic rings. The Morgan fingerprint density at radius 3 is 2.11 bits per heavy atom. The number of hydrogen-bond donors (Lipinski definition) is 0. The topological polar surface area (TPSA) is 52.6 Å². The second kappa shape index (κ2) is 9.00. The van der Waals surface area contributed by atoms with Crippen molar-refractivity contribution in [2.24, 2.45) is 5.92 Å². The van der Waals surface area contributed by atoms with Crippen molar-refractivity contribution in [3.63, 3.8) is 0 Å². The zero-order chi connectivity index (χ0) is 19.9. The van der Waals surface area contributed by atoms with Crippen LogP contribution in [0.3, 0.4) is 0 Å². The number of hydrogen-bond acceptors (Lipinski definition) is 4. The van der Waals surface area contributed by atoms with Crippen LogP contribution in [0.2, 0.25) is 0 Å². The van der Waals surface area contributed by atoms with Gasteiger partial charge in [-0.3, -0.25) is 0 Å². The molecule has 0 bridgehead atoms. The molecule has 3 rings (SSSR count). The van der Waals surface area contributed by atoms with E-state index in [2.05, 4.69) is 0 Å².